The Kier molecular flexibility index (Phi) is 4.57. The molecule has 1 aromatic heterocycles. The second kappa shape index (κ2) is 6.33. The number of aryl methyl sites for hydroxylation is 1. The van der Waals surface area contributed by atoms with Crippen molar-refractivity contribution >= 4 is 26.0 Å². The van der Waals surface area contributed by atoms with Crippen molar-refractivity contribution in [3.05, 3.63) is 46.5 Å². The van der Waals surface area contributed by atoms with E-state index in [0.717, 1.165) is 22.1 Å². The largest absolute Gasteiger partial charge is 0.320 e. The normalized spacial score (nSPS) is 22.6. The number of benzene rings is 1. The van der Waals surface area contributed by atoms with Gasteiger partial charge in [0.1, 0.15) is 12.2 Å². The maximum atomic E-state index is 11.3. The molecule has 1 aliphatic rings. The molecule has 0 aliphatic heterocycles. The average Bonchev–Trinajstić information content (AvgIpc) is 2.81. The van der Waals surface area contributed by atoms with Crippen molar-refractivity contribution < 1.29 is 12.6 Å². The summed E-state index contributed by atoms with van der Waals surface area (Å²) in [5, 5.41) is 8.25. The van der Waals surface area contributed by atoms with E-state index in [9.17, 15) is 8.42 Å². The van der Waals surface area contributed by atoms with Crippen molar-refractivity contribution in [2.24, 2.45) is 13.0 Å². The van der Waals surface area contributed by atoms with Gasteiger partial charge in [-0.2, -0.15) is 8.42 Å². The molecule has 1 atom stereocenters. The summed E-state index contributed by atoms with van der Waals surface area (Å²) in [6, 6.07) is 8.11. The maximum absolute atomic E-state index is 11.3. The molecule has 1 aromatic carbocycles. The van der Waals surface area contributed by atoms with E-state index in [1.165, 1.54) is 0 Å². The number of rotatable bonds is 5. The fraction of sp³-hybridized carbons (Fsp3) is 0.467. The topological polar surface area (TPSA) is 74.1 Å². The van der Waals surface area contributed by atoms with Crippen molar-refractivity contribution in [3.8, 4) is 0 Å². The van der Waals surface area contributed by atoms with Gasteiger partial charge in [0.05, 0.1) is 12.4 Å². The lowest BCUT2D eigenvalue weighted by Gasteiger charge is -2.39. The monoisotopic (exact) mass is 399 g/mol. The molecule has 1 fully saturated rings. The van der Waals surface area contributed by atoms with Crippen LogP contribution in [0.5, 0.6) is 0 Å². The highest BCUT2D eigenvalue weighted by atomic mass is 79.9. The van der Waals surface area contributed by atoms with E-state index < -0.39 is 10.1 Å². The van der Waals surface area contributed by atoms with Crippen LogP contribution in [-0.4, -0.2) is 35.5 Å². The van der Waals surface area contributed by atoms with Crippen LogP contribution in [0.4, 0.5) is 0 Å². The Bertz CT molecular complexity index is 800. The number of aromatic nitrogens is 3. The lowest BCUT2D eigenvalue weighted by molar-refractivity contribution is 0.0616. The molecule has 23 heavy (non-hydrogen) atoms. The van der Waals surface area contributed by atoms with E-state index in [4.69, 9.17) is 4.18 Å². The molecule has 1 heterocycles. The summed E-state index contributed by atoms with van der Waals surface area (Å²) in [5.74, 6) is 1.23. The van der Waals surface area contributed by atoms with Gasteiger partial charge in [0.25, 0.3) is 10.1 Å². The zero-order valence-corrected chi connectivity index (χ0v) is 15.3. The van der Waals surface area contributed by atoms with Gasteiger partial charge in [0, 0.05) is 17.4 Å². The molecular weight excluding hydrogens is 382 g/mol. The van der Waals surface area contributed by atoms with Crippen molar-refractivity contribution in [1.82, 2.24) is 14.8 Å². The van der Waals surface area contributed by atoms with Crippen LogP contribution in [0.3, 0.4) is 0 Å². The van der Waals surface area contributed by atoms with Crippen molar-refractivity contribution in [3.63, 3.8) is 0 Å². The molecule has 1 aliphatic carbocycles. The molecule has 0 saturated heterocycles. The number of halogens is 1. The summed E-state index contributed by atoms with van der Waals surface area (Å²) in [5.41, 5.74) is 1.14. The van der Waals surface area contributed by atoms with Gasteiger partial charge in [-0.1, -0.05) is 28.1 Å². The summed E-state index contributed by atoms with van der Waals surface area (Å²) in [4.78, 5) is 0. The van der Waals surface area contributed by atoms with Gasteiger partial charge in [0.15, 0.2) is 0 Å². The van der Waals surface area contributed by atoms with Gasteiger partial charge in [-0.15, -0.1) is 10.2 Å². The summed E-state index contributed by atoms with van der Waals surface area (Å²) in [6.07, 6.45) is 3.92. The van der Waals surface area contributed by atoms with E-state index >= 15 is 0 Å². The van der Waals surface area contributed by atoms with Crippen LogP contribution in [0.2, 0.25) is 0 Å². The first-order valence-corrected chi connectivity index (χ1v) is 9.92. The number of hydrogen-bond acceptors (Lipinski definition) is 5. The fourth-order valence-corrected chi connectivity index (χ4v) is 4.18. The molecule has 0 radical (unpaired) electrons. The average molecular weight is 400 g/mol. The quantitative estimate of drug-likeness (QED) is 0.721. The van der Waals surface area contributed by atoms with Crippen LogP contribution in [0.1, 0.15) is 30.1 Å². The first-order valence-electron chi connectivity index (χ1n) is 7.31. The van der Waals surface area contributed by atoms with Gasteiger partial charge in [-0.05, 0) is 36.5 Å². The van der Waals surface area contributed by atoms with Gasteiger partial charge >= 0.3 is 0 Å². The molecule has 2 aromatic rings. The second-order valence-corrected chi connectivity index (χ2v) is 8.50. The van der Waals surface area contributed by atoms with Crippen LogP contribution in [-0.2, 0) is 21.3 Å². The Morgan fingerprint density at radius 2 is 2.13 bits per heavy atom. The summed E-state index contributed by atoms with van der Waals surface area (Å²) in [7, 11) is -1.49. The van der Waals surface area contributed by atoms with Gasteiger partial charge in [-0.3, -0.25) is 4.18 Å². The Balaban J connectivity index is 1.85. The first kappa shape index (κ1) is 16.6. The predicted octanol–water partition coefficient (Wildman–Crippen LogP) is 2.46. The summed E-state index contributed by atoms with van der Waals surface area (Å²) >= 11 is 3.51. The molecule has 0 spiro atoms. The zero-order valence-electron chi connectivity index (χ0n) is 12.9. The molecule has 3 rings (SSSR count). The lowest BCUT2D eigenvalue weighted by atomic mass is 9.71. The minimum atomic E-state index is -3.41. The molecule has 0 N–H and O–H groups in total. The van der Waals surface area contributed by atoms with Gasteiger partial charge in [-0.25, -0.2) is 0 Å². The molecule has 1 saturated carbocycles. The molecular formula is C15H18BrN3O3S. The summed E-state index contributed by atoms with van der Waals surface area (Å²) < 4.78 is 30.5. The lowest BCUT2D eigenvalue weighted by Crippen LogP contribution is -2.37. The van der Waals surface area contributed by atoms with Crippen molar-refractivity contribution in [1.29, 1.82) is 0 Å². The predicted molar refractivity (Wildman–Crippen MR) is 89.4 cm³/mol. The van der Waals surface area contributed by atoms with Crippen LogP contribution >= 0.6 is 15.9 Å². The minimum Gasteiger partial charge on any atom is -0.320 e. The van der Waals surface area contributed by atoms with Crippen LogP contribution in [0.15, 0.2) is 35.1 Å². The molecule has 8 heteroatoms. The summed E-state index contributed by atoms with van der Waals surface area (Å²) in [6.45, 7) is 0. The standard InChI is InChI=1S/C15H18BrN3O3S/c1-19-9-17-18-15(19)14(10-4-3-5-12(16)6-10)11-7-13(8-11)22-23(2,20)21/h3-6,9,11,13-14H,7-8H2,1-2H3. The molecule has 124 valence electrons. The third kappa shape index (κ3) is 3.81. The molecule has 6 nitrogen and oxygen atoms in total. The van der Waals surface area contributed by atoms with Gasteiger partial charge < -0.3 is 4.57 Å². The van der Waals surface area contributed by atoms with Crippen molar-refractivity contribution in [2.75, 3.05) is 6.26 Å². The highest BCUT2D eigenvalue weighted by molar-refractivity contribution is 9.10. The van der Waals surface area contributed by atoms with E-state index in [1.807, 2.05) is 23.7 Å². The van der Waals surface area contributed by atoms with Crippen molar-refractivity contribution in [2.45, 2.75) is 24.9 Å². The Labute approximate surface area is 144 Å². The Morgan fingerprint density at radius 1 is 1.39 bits per heavy atom. The van der Waals surface area contributed by atoms with E-state index in [-0.39, 0.29) is 17.9 Å². The van der Waals surface area contributed by atoms with Gasteiger partial charge in [0.2, 0.25) is 0 Å². The van der Waals surface area contributed by atoms with E-state index in [0.29, 0.717) is 12.8 Å². The Morgan fingerprint density at radius 3 is 2.70 bits per heavy atom. The third-order valence-corrected chi connectivity index (χ3v) is 5.26. The SMILES string of the molecule is Cn1cnnc1C(c1cccc(Br)c1)C1CC(OS(C)(=O)=O)C1. The van der Waals surface area contributed by atoms with E-state index in [2.05, 4.69) is 38.3 Å². The molecule has 0 bridgehead atoms. The smallest absolute Gasteiger partial charge is 0.264 e. The molecule has 0 amide bonds. The highest BCUT2D eigenvalue weighted by Gasteiger charge is 2.40. The zero-order chi connectivity index (χ0) is 16.6. The fourth-order valence-electron chi connectivity index (χ4n) is 3.11. The number of hydrogen-bond donors (Lipinski definition) is 0. The maximum Gasteiger partial charge on any atom is 0.264 e. The highest BCUT2D eigenvalue weighted by Crippen LogP contribution is 2.44. The number of nitrogens with zero attached hydrogens (tertiary/aromatic N) is 3. The minimum absolute atomic E-state index is 0.0689. The molecule has 1 unspecified atom stereocenters. The Hall–Kier alpha value is -1.25. The van der Waals surface area contributed by atoms with E-state index in [1.54, 1.807) is 6.33 Å². The second-order valence-electron chi connectivity index (χ2n) is 5.99. The first-order chi connectivity index (χ1) is 10.8. The third-order valence-electron chi connectivity index (χ3n) is 4.15. The van der Waals surface area contributed by atoms with Crippen LogP contribution in [0, 0.1) is 5.92 Å². The van der Waals surface area contributed by atoms with Crippen LogP contribution < -0.4 is 0 Å². The van der Waals surface area contributed by atoms with Crippen LogP contribution in [0.25, 0.3) is 0 Å².